The summed E-state index contributed by atoms with van der Waals surface area (Å²) in [5, 5.41) is 0. The Hall–Kier alpha value is -1.00. The molecule has 0 amide bonds. The number of ether oxygens (including phenoxy) is 1. The molecule has 0 saturated carbocycles. The number of carbonyl (C=O) groups excluding carboxylic acids is 1. The standard InChI is InChI=1S/C16H23NO2S/c1-16(17,15(18)19-2)9-4-10-20-14-8-7-12-5-3-6-13(12)11-14/h7-8,11H,3-6,9-10,17H2,1-2H3. The van der Waals surface area contributed by atoms with Gasteiger partial charge in [-0.1, -0.05) is 6.07 Å². The molecular weight excluding hydrogens is 270 g/mol. The van der Waals surface area contributed by atoms with Gasteiger partial charge < -0.3 is 10.5 Å². The monoisotopic (exact) mass is 293 g/mol. The Bertz CT molecular complexity index is 485. The van der Waals surface area contributed by atoms with E-state index in [0.717, 1.165) is 12.2 Å². The zero-order valence-electron chi connectivity index (χ0n) is 12.3. The van der Waals surface area contributed by atoms with Gasteiger partial charge in [-0.05, 0) is 68.0 Å². The first-order valence-corrected chi connectivity index (χ1v) is 8.13. The van der Waals surface area contributed by atoms with E-state index in [-0.39, 0.29) is 5.97 Å². The first-order chi connectivity index (χ1) is 9.53. The molecule has 2 rings (SSSR count). The third-order valence-electron chi connectivity index (χ3n) is 3.83. The fourth-order valence-corrected chi connectivity index (χ4v) is 3.52. The highest BCUT2D eigenvalue weighted by atomic mass is 32.2. The molecule has 4 heteroatoms. The third-order valence-corrected chi connectivity index (χ3v) is 4.91. The molecular formula is C16H23NO2S. The summed E-state index contributed by atoms with van der Waals surface area (Å²) in [4.78, 5) is 12.8. The highest BCUT2D eigenvalue weighted by Gasteiger charge is 2.28. The Labute approximate surface area is 125 Å². The van der Waals surface area contributed by atoms with E-state index in [1.165, 1.54) is 42.4 Å². The lowest BCUT2D eigenvalue weighted by molar-refractivity contribution is -0.146. The molecule has 1 atom stereocenters. The van der Waals surface area contributed by atoms with E-state index in [0.29, 0.717) is 6.42 Å². The Kier molecular flexibility index (Phi) is 5.11. The van der Waals surface area contributed by atoms with E-state index < -0.39 is 5.54 Å². The SMILES string of the molecule is COC(=O)C(C)(N)CCCSc1ccc2c(c1)CCC2. The van der Waals surface area contributed by atoms with Crippen molar-refractivity contribution >= 4 is 17.7 Å². The molecule has 3 nitrogen and oxygen atoms in total. The minimum absolute atomic E-state index is 0.333. The van der Waals surface area contributed by atoms with E-state index in [1.54, 1.807) is 6.92 Å². The maximum atomic E-state index is 11.5. The maximum Gasteiger partial charge on any atom is 0.325 e. The molecule has 1 aliphatic rings. The molecule has 0 bridgehead atoms. The van der Waals surface area contributed by atoms with Crippen molar-refractivity contribution in [3.05, 3.63) is 29.3 Å². The number of carbonyl (C=O) groups is 1. The molecule has 0 saturated heterocycles. The molecule has 0 aliphatic heterocycles. The van der Waals surface area contributed by atoms with Gasteiger partial charge in [0.1, 0.15) is 5.54 Å². The topological polar surface area (TPSA) is 52.3 Å². The van der Waals surface area contributed by atoms with Crippen molar-refractivity contribution in [2.24, 2.45) is 5.73 Å². The van der Waals surface area contributed by atoms with Crippen molar-refractivity contribution < 1.29 is 9.53 Å². The second-order valence-corrected chi connectivity index (χ2v) is 6.81. The average molecular weight is 293 g/mol. The van der Waals surface area contributed by atoms with Crippen LogP contribution < -0.4 is 5.73 Å². The maximum absolute atomic E-state index is 11.5. The molecule has 1 aromatic carbocycles. The largest absolute Gasteiger partial charge is 0.468 e. The lowest BCUT2D eigenvalue weighted by atomic mass is 9.98. The van der Waals surface area contributed by atoms with Crippen LogP contribution in [0, 0.1) is 0 Å². The number of methoxy groups -OCH3 is 1. The number of thioether (sulfide) groups is 1. The van der Waals surface area contributed by atoms with Gasteiger partial charge in [-0.25, -0.2) is 0 Å². The van der Waals surface area contributed by atoms with Crippen LogP contribution in [0.25, 0.3) is 0 Å². The first kappa shape index (κ1) is 15.4. The highest BCUT2D eigenvalue weighted by Crippen LogP contribution is 2.28. The van der Waals surface area contributed by atoms with Crippen molar-refractivity contribution in [2.75, 3.05) is 12.9 Å². The summed E-state index contributed by atoms with van der Waals surface area (Å²) in [6, 6.07) is 6.78. The number of esters is 1. The number of rotatable bonds is 6. The van der Waals surface area contributed by atoms with Crippen LogP contribution in [0.15, 0.2) is 23.1 Å². The minimum atomic E-state index is -0.868. The summed E-state index contributed by atoms with van der Waals surface area (Å²) in [7, 11) is 1.38. The second-order valence-electron chi connectivity index (χ2n) is 5.65. The normalized spacial score (nSPS) is 16.6. The van der Waals surface area contributed by atoms with Gasteiger partial charge >= 0.3 is 5.97 Å². The van der Waals surface area contributed by atoms with E-state index in [1.807, 2.05) is 11.8 Å². The zero-order chi connectivity index (χ0) is 14.6. The van der Waals surface area contributed by atoms with Gasteiger partial charge in [-0.3, -0.25) is 4.79 Å². The number of benzene rings is 1. The number of hydrogen-bond donors (Lipinski definition) is 1. The van der Waals surface area contributed by atoms with Crippen LogP contribution in [0.4, 0.5) is 0 Å². The molecule has 0 fully saturated rings. The molecule has 1 unspecified atom stereocenters. The molecule has 110 valence electrons. The molecule has 1 aromatic rings. The lowest BCUT2D eigenvalue weighted by Crippen LogP contribution is -2.45. The summed E-state index contributed by atoms with van der Waals surface area (Å²) in [5.74, 6) is 0.641. The van der Waals surface area contributed by atoms with Crippen molar-refractivity contribution in [3.8, 4) is 0 Å². The predicted molar refractivity (Wildman–Crippen MR) is 83.0 cm³/mol. The van der Waals surface area contributed by atoms with Crippen molar-refractivity contribution in [3.63, 3.8) is 0 Å². The quantitative estimate of drug-likeness (QED) is 0.498. The van der Waals surface area contributed by atoms with Gasteiger partial charge in [0.2, 0.25) is 0 Å². The van der Waals surface area contributed by atoms with Crippen molar-refractivity contribution in [1.29, 1.82) is 0 Å². The molecule has 0 spiro atoms. The fraction of sp³-hybridized carbons (Fsp3) is 0.562. The van der Waals surface area contributed by atoms with Crippen molar-refractivity contribution in [1.82, 2.24) is 0 Å². The summed E-state index contributed by atoms with van der Waals surface area (Å²) in [6.07, 6.45) is 5.29. The fourth-order valence-electron chi connectivity index (χ4n) is 2.60. The minimum Gasteiger partial charge on any atom is -0.468 e. The van der Waals surface area contributed by atoms with E-state index >= 15 is 0 Å². The average Bonchev–Trinajstić information content (AvgIpc) is 2.90. The summed E-state index contributed by atoms with van der Waals surface area (Å²) in [6.45, 7) is 1.74. The number of nitrogens with two attached hydrogens (primary N) is 1. The number of aryl methyl sites for hydroxylation is 2. The summed E-state index contributed by atoms with van der Waals surface area (Å²) < 4.78 is 4.71. The van der Waals surface area contributed by atoms with E-state index in [4.69, 9.17) is 10.5 Å². The Morgan fingerprint density at radius 3 is 2.90 bits per heavy atom. The van der Waals surface area contributed by atoms with Gasteiger partial charge in [-0.2, -0.15) is 0 Å². The third kappa shape index (κ3) is 3.76. The lowest BCUT2D eigenvalue weighted by Gasteiger charge is -2.20. The van der Waals surface area contributed by atoms with Gasteiger partial charge in [-0.15, -0.1) is 11.8 Å². The van der Waals surface area contributed by atoms with Crippen LogP contribution in [0.5, 0.6) is 0 Å². The Morgan fingerprint density at radius 1 is 1.40 bits per heavy atom. The number of hydrogen-bond acceptors (Lipinski definition) is 4. The Morgan fingerprint density at radius 2 is 2.15 bits per heavy atom. The summed E-state index contributed by atoms with van der Waals surface area (Å²) in [5.41, 5.74) is 8.09. The van der Waals surface area contributed by atoms with Crippen LogP contribution in [-0.2, 0) is 22.4 Å². The van der Waals surface area contributed by atoms with Crippen LogP contribution in [0.2, 0.25) is 0 Å². The zero-order valence-corrected chi connectivity index (χ0v) is 13.1. The molecule has 1 aliphatic carbocycles. The Balaban J connectivity index is 1.78. The molecule has 0 aromatic heterocycles. The second kappa shape index (κ2) is 6.64. The molecule has 2 N–H and O–H groups in total. The summed E-state index contributed by atoms with van der Waals surface area (Å²) >= 11 is 1.84. The predicted octanol–water partition coefficient (Wildman–Crippen LogP) is 2.94. The van der Waals surface area contributed by atoms with Crippen LogP contribution in [0.1, 0.15) is 37.3 Å². The molecule has 0 radical (unpaired) electrons. The van der Waals surface area contributed by atoms with Gasteiger partial charge in [0, 0.05) is 4.90 Å². The molecule has 0 heterocycles. The molecule has 20 heavy (non-hydrogen) atoms. The van der Waals surface area contributed by atoms with E-state index in [2.05, 4.69) is 18.2 Å². The van der Waals surface area contributed by atoms with E-state index in [9.17, 15) is 4.79 Å². The smallest absolute Gasteiger partial charge is 0.325 e. The number of fused-ring (bicyclic) bond motifs is 1. The van der Waals surface area contributed by atoms with Gasteiger partial charge in [0.15, 0.2) is 0 Å². The first-order valence-electron chi connectivity index (χ1n) is 7.15. The van der Waals surface area contributed by atoms with Crippen LogP contribution >= 0.6 is 11.8 Å². The van der Waals surface area contributed by atoms with Crippen LogP contribution in [0.3, 0.4) is 0 Å². The highest BCUT2D eigenvalue weighted by molar-refractivity contribution is 7.99. The van der Waals surface area contributed by atoms with Gasteiger partial charge in [0.25, 0.3) is 0 Å². The van der Waals surface area contributed by atoms with Crippen LogP contribution in [-0.4, -0.2) is 24.4 Å². The van der Waals surface area contributed by atoms with Gasteiger partial charge in [0.05, 0.1) is 7.11 Å². The van der Waals surface area contributed by atoms with Crippen molar-refractivity contribution in [2.45, 2.75) is 49.5 Å².